The van der Waals surface area contributed by atoms with Crippen LogP contribution in [0.3, 0.4) is 0 Å². The van der Waals surface area contributed by atoms with E-state index in [9.17, 15) is 88.0 Å². The van der Waals surface area contributed by atoms with Crippen molar-refractivity contribution >= 4 is 114 Å². The van der Waals surface area contributed by atoms with Crippen molar-refractivity contribution in [3.8, 4) is 6.07 Å². The predicted molar refractivity (Wildman–Crippen MR) is 572 cm³/mol. The monoisotopic (exact) mass is 2130 g/mol. The van der Waals surface area contributed by atoms with E-state index in [1.54, 1.807) is 107 Å². The molecule has 0 saturated heterocycles. The summed E-state index contributed by atoms with van der Waals surface area (Å²) in [5.74, 6) is -11.2. The molecule has 150 heavy (non-hydrogen) atoms. The van der Waals surface area contributed by atoms with Crippen molar-refractivity contribution < 1.29 is 118 Å². The predicted octanol–water partition coefficient (Wildman–Crippen LogP) is 22.0. The molecule has 0 heterocycles. The number of carboxylic acids is 3. The number of quaternary nitrogens is 1. The molecule has 8 atom stereocenters. The molecule has 0 amide bonds. The van der Waals surface area contributed by atoms with Gasteiger partial charge in [-0.25, -0.2) is 34.8 Å². The number of halogens is 6. The number of benzene rings is 13. The van der Waals surface area contributed by atoms with Crippen molar-refractivity contribution in [2.24, 2.45) is 5.73 Å². The zero-order valence-corrected chi connectivity index (χ0v) is 88.4. The largest absolute Gasteiger partial charge is 0.481 e. The summed E-state index contributed by atoms with van der Waals surface area (Å²) < 4.78 is 125. The summed E-state index contributed by atoms with van der Waals surface area (Å²) in [6, 6.07) is 82.3. The number of nitriles is 1. The highest BCUT2D eigenvalue weighted by Gasteiger charge is 2.31. The summed E-state index contributed by atoms with van der Waals surface area (Å²) in [5, 5.41) is 44.2. The number of nitrogen functional groups attached to an aromatic ring is 1. The Labute approximate surface area is 880 Å². The van der Waals surface area contributed by atoms with E-state index in [1.807, 2.05) is 219 Å². The smallest absolute Gasteiger partial charge is 0.367 e. The molecule has 0 aromatic heterocycles. The maximum absolute atomic E-state index is 14.3. The molecule has 0 aliphatic rings. The number of nitrogens with one attached hydrogen (secondary N) is 2. The zero-order chi connectivity index (χ0) is 112. The number of hydrogen-bond donors (Lipinski definition) is 8. The number of carbonyl (C=O) groups is 8. The molecule has 28 nitrogen and oxygen atoms in total. The second-order valence-corrected chi connectivity index (χ2v) is 38.3. The zero-order valence-electron chi connectivity index (χ0n) is 85.3. The van der Waals surface area contributed by atoms with Gasteiger partial charge in [0.25, 0.3) is 0 Å². The van der Waals surface area contributed by atoms with Gasteiger partial charge in [-0.1, -0.05) is 293 Å². The summed E-state index contributed by atoms with van der Waals surface area (Å²) in [4.78, 5) is 101. The van der Waals surface area contributed by atoms with Gasteiger partial charge in [-0.05, 0) is 194 Å². The van der Waals surface area contributed by atoms with Crippen molar-refractivity contribution in [1.29, 1.82) is 5.26 Å². The highest BCUT2D eigenvalue weighted by atomic mass is 35.5. The average Bonchev–Trinajstić information content (AvgIpc) is 0.808. The van der Waals surface area contributed by atoms with Crippen LogP contribution in [0, 0.1) is 107 Å². The number of nitro groups is 1. The number of ether oxygens (including phenoxy) is 4. The van der Waals surface area contributed by atoms with E-state index >= 15 is 0 Å². The summed E-state index contributed by atoms with van der Waals surface area (Å²) in [5.41, 5.74) is 31.2. The molecule has 0 fully saturated rings. The number of esters is 4. The fourth-order valence-corrected chi connectivity index (χ4v) is 15.0. The van der Waals surface area contributed by atoms with E-state index in [-0.39, 0.29) is 42.4 Å². The standard InChI is InChI=1S/C18H20FNO4S.C17H16FNO4.C17H18FNO2.C16H16FNO4S.C11H13ClO2.C9H9ClO2.C9H10N2.C9H11NO2.C8H8O/c1-4-24-18(21)17(13-7-5-12(2)6-8-13)14-9-10-16(15(19)11-14)20-25(3,22)23;1-3-23-17(20)16(12-6-4-11(2)5-7-12)13-8-9-15(19(21)22)14(18)10-13;1-3-21-17(20)16(12-6-4-11(2)5-7-12)13-8-9-15(19)14(18)10-13;1-10-3-5-11(6-4-10)15(16(19)20)12-7-8-14(13(17)9-12)18-23(2,21)22;1-3-14-11(13)10(12)9-6-4-8(2)5-7-9;1-6-2-4-7(5-3-6)8(10)9(11)12;1-7-2-4-8(5-3-7)9(11)6-10;1-6-2-4-7(5-3-6)8(10)9(11)12;1-7-2-4-8(6-9)5-3-7/h5-11,17,20H,4H2,1-3H3;4-10,16H,3H2,1-2H3;4-10,16H,3,19H2,1-2H3;3-9,15,18H,1-2H3,(H,19,20);4-7,10H,3H2,1-2H3;2-5,8H,1H3,(H,11,12);2-5,9H,11H2,1H3;2-5,8H,10H2,1H3,(H,11,12);2-6H,1H3/p+1. The minimum absolute atomic E-state index is 0.0604. The Hall–Kier alpha value is -15.8. The summed E-state index contributed by atoms with van der Waals surface area (Å²) in [6.45, 7) is 25.5. The molecule has 0 aliphatic carbocycles. The number of aliphatic carboxylic acids is 3. The number of alkyl halides is 2. The molecule has 13 aromatic rings. The molecule has 0 saturated carbocycles. The first-order chi connectivity index (χ1) is 70.8. The summed E-state index contributed by atoms with van der Waals surface area (Å²) >= 11 is 11.5. The normalized spacial score (nSPS) is 12.1. The van der Waals surface area contributed by atoms with Gasteiger partial charge in [0.15, 0.2) is 10.8 Å². The number of nitro benzene ring substituents is 1. The Bertz CT molecular complexity index is 6890. The third-order valence-electron chi connectivity index (χ3n) is 21.6. The van der Waals surface area contributed by atoms with Crippen molar-refractivity contribution in [2.45, 2.75) is 137 Å². The van der Waals surface area contributed by atoms with Gasteiger partial charge in [0.2, 0.25) is 31.9 Å². The minimum Gasteiger partial charge on any atom is -0.481 e. The molecule has 12 N–H and O–H groups in total. The fraction of sp³-hybridized carbons (Fsp3) is 0.237. The van der Waals surface area contributed by atoms with Crippen LogP contribution in [0.25, 0.3) is 0 Å². The topological polar surface area (TPSA) is 473 Å². The van der Waals surface area contributed by atoms with Gasteiger partial charge in [0, 0.05) is 17.2 Å². The van der Waals surface area contributed by atoms with Gasteiger partial charge in [0.05, 0.1) is 67.0 Å². The molecule has 0 aliphatic heterocycles. The number of nitrogens with zero attached hydrogens (tertiary/aromatic N) is 2. The van der Waals surface area contributed by atoms with Crippen LogP contribution in [0.1, 0.15) is 201 Å². The number of aldehydes is 1. The van der Waals surface area contributed by atoms with Gasteiger partial charge < -0.3 is 51.5 Å². The van der Waals surface area contributed by atoms with E-state index in [4.69, 9.17) is 69.1 Å². The van der Waals surface area contributed by atoms with Crippen LogP contribution in [0.2, 0.25) is 0 Å². The van der Waals surface area contributed by atoms with Gasteiger partial charge in [-0.15, -0.1) is 23.2 Å². The Morgan fingerprint density at radius 3 is 0.900 bits per heavy atom. The Morgan fingerprint density at radius 2 is 0.633 bits per heavy atom. The van der Waals surface area contributed by atoms with E-state index in [2.05, 4.69) is 10.5 Å². The van der Waals surface area contributed by atoms with Crippen LogP contribution in [0.4, 0.5) is 40.3 Å². The molecule has 8 unspecified atom stereocenters. The molecule has 13 rings (SSSR count). The van der Waals surface area contributed by atoms with Crippen molar-refractivity contribution in [3.63, 3.8) is 0 Å². The van der Waals surface area contributed by atoms with Crippen LogP contribution in [-0.2, 0) is 72.6 Å². The SMILES string of the molecule is CCOC(=O)C(Cl)c1ccc(C)cc1.CCOC(=O)C(c1ccc(C)cc1)c1ccc(N)c(F)c1.CCOC(=O)C(c1ccc(C)cc1)c1ccc(NS(C)(=O)=O)c(F)c1.CCOC(=O)C(c1ccc(C)cc1)c1ccc([N+](=O)[O-])c(F)c1.Cc1ccc(C(C(=O)O)c2ccc(NS(C)(=O)=O)c(F)c2)cc1.Cc1ccc(C(Cl)C(=O)O)cc1.Cc1ccc(C(N)C#N)cc1.Cc1ccc(C([NH3+])C(=O)O)cc1.Cc1ccc(C=O)cc1. The molecular weight excluding hydrogens is 2010 g/mol. The number of nitrogens with two attached hydrogens (primary N) is 2. The maximum Gasteiger partial charge on any atom is 0.367 e. The van der Waals surface area contributed by atoms with Crippen LogP contribution < -0.4 is 26.6 Å². The third kappa shape index (κ3) is 42.2. The average molecular weight is 2140 g/mol. The second kappa shape index (κ2) is 61.7. The molecular formula is C114H122Cl2F4N7O21S2+. The Morgan fingerprint density at radius 1 is 0.380 bits per heavy atom. The van der Waals surface area contributed by atoms with Gasteiger partial charge >= 0.3 is 47.5 Å². The highest BCUT2D eigenvalue weighted by Crippen LogP contribution is 2.36. The van der Waals surface area contributed by atoms with E-state index in [1.165, 1.54) is 53.6 Å². The van der Waals surface area contributed by atoms with E-state index in [0.29, 0.717) is 45.6 Å². The molecule has 13 aromatic carbocycles. The molecule has 0 radical (unpaired) electrons. The lowest BCUT2D eigenvalue weighted by Crippen LogP contribution is -2.57. The van der Waals surface area contributed by atoms with Crippen LogP contribution in [0.5, 0.6) is 0 Å². The lowest BCUT2D eigenvalue weighted by atomic mass is 9.90. The first-order valence-corrected chi connectivity index (χ1v) is 51.1. The number of carbonyl (C=O) groups excluding carboxylic acids is 5. The number of carboxylic acid groups (broad SMARTS) is 3. The first-order valence-electron chi connectivity index (χ1n) is 46.5. The second-order valence-electron chi connectivity index (χ2n) is 33.9. The van der Waals surface area contributed by atoms with Crippen molar-refractivity contribution in [3.05, 3.63) is 447 Å². The molecule has 36 heteroatoms. The fourth-order valence-electron chi connectivity index (χ4n) is 13.5. The minimum atomic E-state index is -3.61. The van der Waals surface area contributed by atoms with Crippen LogP contribution in [0.15, 0.2) is 291 Å². The number of sulfonamides is 2. The van der Waals surface area contributed by atoms with Gasteiger partial charge in [-0.2, -0.15) is 9.65 Å². The first kappa shape index (κ1) is 125. The lowest BCUT2D eigenvalue weighted by Gasteiger charge is -2.18. The molecule has 792 valence electrons. The van der Waals surface area contributed by atoms with Gasteiger partial charge in [-0.3, -0.25) is 53.1 Å². The van der Waals surface area contributed by atoms with Crippen molar-refractivity contribution in [2.75, 3.05) is 54.1 Å². The lowest BCUT2D eigenvalue weighted by molar-refractivity contribution is -0.413. The number of aryl methyl sites for hydroxylation is 9. The quantitative estimate of drug-likeness (QED) is 0.00315. The number of rotatable bonds is 29. The van der Waals surface area contributed by atoms with Crippen molar-refractivity contribution in [1.82, 2.24) is 0 Å². The summed E-state index contributed by atoms with van der Waals surface area (Å²) in [6.07, 6.45) is 2.69. The molecule has 0 bridgehead atoms. The maximum atomic E-state index is 14.3. The van der Waals surface area contributed by atoms with Crippen LogP contribution in [-0.4, -0.2) is 124 Å². The third-order valence-corrected chi connectivity index (χ3v) is 23.6. The van der Waals surface area contributed by atoms with Crippen LogP contribution >= 0.6 is 23.2 Å². The van der Waals surface area contributed by atoms with Gasteiger partial charge in [0.1, 0.15) is 53.5 Å². The summed E-state index contributed by atoms with van der Waals surface area (Å²) in [7, 11) is -7.21. The number of anilines is 3. The number of hydrogen-bond acceptors (Lipinski definition) is 21. The Kier molecular flexibility index (Phi) is 51.3. The Balaban J connectivity index is 0.000000302. The van der Waals surface area contributed by atoms with E-state index < -0.39 is 142 Å². The molecule has 0 spiro atoms. The highest BCUT2D eigenvalue weighted by molar-refractivity contribution is 7.92. The van der Waals surface area contributed by atoms with E-state index in [0.717, 1.165) is 110 Å².